The van der Waals surface area contributed by atoms with Crippen LogP contribution in [0.1, 0.15) is 17.5 Å². The van der Waals surface area contributed by atoms with Gasteiger partial charge < -0.3 is 20.1 Å². The molecule has 4 rings (SSSR count). The molecular weight excluding hydrogens is 436 g/mol. The van der Waals surface area contributed by atoms with Crippen molar-refractivity contribution in [2.45, 2.75) is 19.4 Å². The lowest BCUT2D eigenvalue weighted by Crippen LogP contribution is -2.21. The zero-order valence-electron chi connectivity index (χ0n) is 19.7. The molecule has 1 amide bonds. The SMILES string of the molecule is O=C(CNc1ccc(OCc2ccccc2)cc1)Nc1cccc(OCCCc2ccccc2)c1. The van der Waals surface area contributed by atoms with E-state index in [4.69, 9.17) is 9.47 Å². The third kappa shape index (κ3) is 8.23. The Balaban J connectivity index is 1.17. The van der Waals surface area contributed by atoms with Crippen LogP contribution >= 0.6 is 0 Å². The van der Waals surface area contributed by atoms with Gasteiger partial charge in [-0.2, -0.15) is 0 Å². The van der Waals surface area contributed by atoms with E-state index in [-0.39, 0.29) is 12.5 Å². The molecule has 0 atom stereocenters. The van der Waals surface area contributed by atoms with Crippen LogP contribution in [-0.2, 0) is 17.8 Å². The number of carbonyl (C=O) groups excluding carboxylic acids is 1. The molecule has 0 aliphatic heterocycles. The first-order valence-electron chi connectivity index (χ1n) is 11.8. The molecule has 0 aliphatic carbocycles. The molecule has 0 fully saturated rings. The van der Waals surface area contributed by atoms with Crippen LogP contribution in [0.25, 0.3) is 0 Å². The topological polar surface area (TPSA) is 59.6 Å². The van der Waals surface area contributed by atoms with Gasteiger partial charge in [-0.1, -0.05) is 66.7 Å². The van der Waals surface area contributed by atoms with Crippen molar-refractivity contribution in [3.8, 4) is 11.5 Å². The van der Waals surface area contributed by atoms with E-state index in [0.29, 0.717) is 18.9 Å². The van der Waals surface area contributed by atoms with E-state index in [1.54, 1.807) is 0 Å². The van der Waals surface area contributed by atoms with Crippen LogP contribution in [0, 0.1) is 0 Å². The first kappa shape index (κ1) is 23.9. The highest BCUT2D eigenvalue weighted by Crippen LogP contribution is 2.19. The Kier molecular flexibility index (Phi) is 8.77. The summed E-state index contributed by atoms with van der Waals surface area (Å²) >= 11 is 0. The Morgan fingerprint density at radius 2 is 1.37 bits per heavy atom. The molecule has 0 aromatic heterocycles. The summed E-state index contributed by atoms with van der Waals surface area (Å²) in [5, 5.41) is 6.05. The lowest BCUT2D eigenvalue weighted by atomic mass is 10.1. The minimum atomic E-state index is -0.129. The van der Waals surface area contributed by atoms with Gasteiger partial charge in [-0.05, 0) is 60.4 Å². The Labute approximate surface area is 206 Å². The number of nitrogens with one attached hydrogen (secondary N) is 2. The van der Waals surface area contributed by atoms with Crippen LogP contribution in [0.15, 0.2) is 109 Å². The average Bonchev–Trinajstić information content (AvgIpc) is 2.91. The Morgan fingerprint density at radius 3 is 2.11 bits per heavy atom. The van der Waals surface area contributed by atoms with Gasteiger partial charge in [0, 0.05) is 17.4 Å². The monoisotopic (exact) mass is 466 g/mol. The smallest absolute Gasteiger partial charge is 0.243 e. The van der Waals surface area contributed by atoms with Crippen LogP contribution in [0.3, 0.4) is 0 Å². The molecule has 0 bridgehead atoms. The second kappa shape index (κ2) is 12.8. The van der Waals surface area contributed by atoms with Crippen LogP contribution < -0.4 is 20.1 Å². The van der Waals surface area contributed by atoms with Gasteiger partial charge in [0.05, 0.1) is 13.2 Å². The van der Waals surface area contributed by atoms with Gasteiger partial charge in [-0.15, -0.1) is 0 Å². The first-order valence-corrected chi connectivity index (χ1v) is 11.8. The summed E-state index contributed by atoms with van der Waals surface area (Å²) in [5.41, 5.74) is 3.98. The molecular formula is C30H30N2O3. The molecule has 178 valence electrons. The van der Waals surface area contributed by atoms with E-state index in [0.717, 1.165) is 35.6 Å². The number of rotatable bonds is 12. The standard InChI is InChI=1S/C30H30N2O3/c33-30(22-31-26-16-18-28(19-17-26)35-23-25-11-5-2-6-12-25)32-27-14-7-15-29(21-27)34-20-8-13-24-9-3-1-4-10-24/h1-7,9-12,14-19,21,31H,8,13,20,22-23H2,(H,32,33). The molecule has 2 N–H and O–H groups in total. The van der Waals surface area contributed by atoms with Crippen molar-refractivity contribution < 1.29 is 14.3 Å². The average molecular weight is 467 g/mol. The van der Waals surface area contributed by atoms with Crippen molar-refractivity contribution >= 4 is 17.3 Å². The van der Waals surface area contributed by atoms with Crippen molar-refractivity contribution in [1.29, 1.82) is 0 Å². The number of anilines is 2. The van der Waals surface area contributed by atoms with E-state index >= 15 is 0 Å². The van der Waals surface area contributed by atoms with Crippen molar-refractivity contribution in [3.05, 3.63) is 120 Å². The minimum absolute atomic E-state index is 0.129. The van der Waals surface area contributed by atoms with Crippen LogP contribution in [0.5, 0.6) is 11.5 Å². The fourth-order valence-corrected chi connectivity index (χ4v) is 3.57. The van der Waals surface area contributed by atoms with Gasteiger partial charge in [0.15, 0.2) is 0 Å². The Bertz CT molecular complexity index is 1180. The minimum Gasteiger partial charge on any atom is -0.494 e. The van der Waals surface area contributed by atoms with Crippen molar-refractivity contribution in [2.24, 2.45) is 0 Å². The molecule has 0 saturated carbocycles. The third-order valence-corrected chi connectivity index (χ3v) is 5.39. The molecule has 0 unspecified atom stereocenters. The molecule has 35 heavy (non-hydrogen) atoms. The fourth-order valence-electron chi connectivity index (χ4n) is 3.57. The lowest BCUT2D eigenvalue weighted by Gasteiger charge is -2.11. The van der Waals surface area contributed by atoms with Gasteiger partial charge >= 0.3 is 0 Å². The zero-order chi connectivity index (χ0) is 24.1. The number of benzene rings is 4. The molecule has 0 heterocycles. The van der Waals surface area contributed by atoms with E-state index in [9.17, 15) is 4.79 Å². The molecule has 0 spiro atoms. The van der Waals surface area contributed by atoms with Gasteiger partial charge in [0.1, 0.15) is 18.1 Å². The fraction of sp³-hybridized carbons (Fsp3) is 0.167. The van der Waals surface area contributed by atoms with Crippen molar-refractivity contribution in [3.63, 3.8) is 0 Å². The van der Waals surface area contributed by atoms with E-state index in [2.05, 4.69) is 22.8 Å². The maximum absolute atomic E-state index is 12.4. The zero-order valence-corrected chi connectivity index (χ0v) is 19.7. The predicted molar refractivity (Wildman–Crippen MR) is 141 cm³/mol. The number of hydrogen-bond acceptors (Lipinski definition) is 4. The molecule has 0 aliphatic rings. The predicted octanol–water partition coefficient (Wildman–Crippen LogP) is 6.33. The van der Waals surface area contributed by atoms with Gasteiger partial charge in [0.25, 0.3) is 0 Å². The molecule has 5 nitrogen and oxygen atoms in total. The number of carbonyl (C=O) groups is 1. The van der Waals surface area contributed by atoms with E-state index < -0.39 is 0 Å². The van der Waals surface area contributed by atoms with Crippen LogP contribution in [0.2, 0.25) is 0 Å². The van der Waals surface area contributed by atoms with Crippen molar-refractivity contribution in [2.75, 3.05) is 23.8 Å². The number of aryl methyl sites for hydroxylation is 1. The molecule has 5 heteroatoms. The van der Waals surface area contributed by atoms with E-state index in [1.807, 2.05) is 97.1 Å². The highest BCUT2D eigenvalue weighted by atomic mass is 16.5. The number of amides is 1. The van der Waals surface area contributed by atoms with Crippen LogP contribution in [0.4, 0.5) is 11.4 Å². The van der Waals surface area contributed by atoms with Crippen LogP contribution in [-0.4, -0.2) is 19.1 Å². The maximum Gasteiger partial charge on any atom is 0.243 e. The summed E-state index contributed by atoms with van der Waals surface area (Å²) in [6.07, 6.45) is 1.91. The summed E-state index contributed by atoms with van der Waals surface area (Å²) in [6.45, 7) is 1.30. The molecule has 0 saturated heterocycles. The summed E-state index contributed by atoms with van der Waals surface area (Å²) < 4.78 is 11.7. The Hall–Kier alpha value is -4.25. The highest BCUT2D eigenvalue weighted by Gasteiger charge is 2.05. The van der Waals surface area contributed by atoms with E-state index in [1.165, 1.54) is 5.56 Å². The molecule has 4 aromatic rings. The maximum atomic E-state index is 12.4. The summed E-state index contributed by atoms with van der Waals surface area (Å²) in [4.78, 5) is 12.4. The quantitative estimate of drug-likeness (QED) is 0.240. The largest absolute Gasteiger partial charge is 0.494 e. The number of hydrogen-bond donors (Lipinski definition) is 2. The lowest BCUT2D eigenvalue weighted by molar-refractivity contribution is -0.114. The van der Waals surface area contributed by atoms with Gasteiger partial charge in [0.2, 0.25) is 5.91 Å². The second-order valence-corrected chi connectivity index (χ2v) is 8.17. The van der Waals surface area contributed by atoms with Gasteiger partial charge in [-0.3, -0.25) is 4.79 Å². The summed E-state index contributed by atoms with van der Waals surface area (Å²) in [5.74, 6) is 1.40. The first-order chi connectivity index (χ1) is 17.2. The highest BCUT2D eigenvalue weighted by molar-refractivity contribution is 5.93. The number of ether oxygens (including phenoxy) is 2. The van der Waals surface area contributed by atoms with Crippen molar-refractivity contribution in [1.82, 2.24) is 0 Å². The third-order valence-electron chi connectivity index (χ3n) is 5.39. The van der Waals surface area contributed by atoms with Gasteiger partial charge in [-0.25, -0.2) is 0 Å². The normalized spacial score (nSPS) is 10.4. The molecule has 4 aromatic carbocycles. The molecule has 0 radical (unpaired) electrons. The summed E-state index contributed by atoms with van der Waals surface area (Å²) in [6, 6.07) is 35.5. The Morgan fingerprint density at radius 1 is 0.657 bits per heavy atom. The summed E-state index contributed by atoms with van der Waals surface area (Å²) in [7, 11) is 0. The second-order valence-electron chi connectivity index (χ2n) is 8.17.